The van der Waals surface area contributed by atoms with Crippen LogP contribution in [-0.2, 0) is 20.6 Å². The lowest BCUT2D eigenvalue weighted by atomic mass is 10.1. The van der Waals surface area contributed by atoms with E-state index in [0.717, 1.165) is 11.1 Å². The van der Waals surface area contributed by atoms with Gasteiger partial charge in [-0.25, -0.2) is 8.42 Å². The van der Waals surface area contributed by atoms with Crippen LogP contribution in [0.5, 0.6) is 5.75 Å². The van der Waals surface area contributed by atoms with Gasteiger partial charge in [0.2, 0.25) is 10.0 Å². The first-order valence-corrected chi connectivity index (χ1v) is 11.6. The lowest BCUT2D eigenvalue weighted by molar-refractivity contribution is -0.122. The molecule has 0 saturated heterocycles. The van der Waals surface area contributed by atoms with Crippen molar-refractivity contribution in [2.45, 2.75) is 25.7 Å². The summed E-state index contributed by atoms with van der Waals surface area (Å²) < 4.78 is 33.7. The zero-order valence-corrected chi connectivity index (χ0v) is 18.2. The molecule has 1 amide bonds. The van der Waals surface area contributed by atoms with Crippen molar-refractivity contribution in [1.29, 1.82) is 0 Å². The smallest absolute Gasteiger partial charge is 0.267 e. The molecule has 0 bridgehead atoms. The number of carbonyl (C=O) groups excluding carboxylic acids is 1. The van der Waals surface area contributed by atoms with Crippen LogP contribution in [0.2, 0.25) is 0 Å². The van der Waals surface area contributed by atoms with Crippen LogP contribution in [0, 0.1) is 13.8 Å². The highest BCUT2D eigenvalue weighted by Gasteiger charge is 2.36. The zero-order valence-electron chi connectivity index (χ0n) is 17.4. The van der Waals surface area contributed by atoms with Crippen LogP contribution in [-0.4, -0.2) is 27.0 Å². The average Bonchev–Trinajstić information content (AvgIpc) is 2.75. The van der Waals surface area contributed by atoms with E-state index in [9.17, 15) is 13.2 Å². The summed E-state index contributed by atoms with van der Waals surface area (Å²) in [5.74, 6) is -0.180. The van der Waals surface area contributed by atoms with E-state index in [1.165, 1.54) is 4.31 Å². The third-order valence-electron chi connectivity index (χ3n) is 5.19. The average molecular weight is 437 g/mol. The summed E-state index contributed by atoms with van der Waals surface area (Å²) in [5.41, 5.74) is 3.82. The maximum Gasteiger partial charge on any atom is 0.267 e. The summed E-state index contributed by atoms with van der Waals surface area (Å²) in [4.78, 5) is 13.0. The molecule has 0 aromatic heterocycles. The van der Waals surface area contributed by atoms with Crippen molar-refractivity contribution >= 4 is 27.3 Å². The minimum Gasteiger partial charge on any atom is -0.476 e. The fourth-order valence-electron chi connectivity index (χ4n) is 3.63. The van der Waals surface area contributed by atoms with Crippen LogP contribution in [0.4, 0.5) is 11.4 Å². The number of para-hydroxylation sites is 2. The molecule has 3 aromatic rings. The number of hydrogen-bond acceptors (Lipinski definition) is 4. The second kappa shape index (κ2) is 8.43. The molecule has 0 saturated carbocycles. The van der Waals surface area contributed by atoms with Crippen LogP contribution >= 0.6 is 0 Å². The molecule has 1 N–H and O–H groups in total. The Morgan fingerprint density at radius 3 is 2.48 bits per heavy atom. The van der Waals surface area contributed by atoms with Gasteiger partial charge in [0.15, 0.2) is 6.10 Å². The molecule has 1 atom stereocenters. The van der Waals surface area contributed by atoms with E-state index in [1.54, 1.807) is 48.5 Å². The third kappa shape index (κ3) is 4.56. The summed E-state index contributed by atoms with van der Waals surface area (Å²) in [5, 5.41) is 2.87. The van der Waals surface area contributed by atoms with Crippen LogP contribution in [0.1, 0.15) is 16.7 Å². The number of carbonyl (C=O) groups is 1. The van der Waals surface area contributed by atoms with Gasteiger partial charge in [-0.1, -0.05) is 60.2 Å². The van der Waals surface area contributed by atoms with Crippen molar-refractivity contribution < 1.29 is 17.9 Å². The molecule has 0 radical (unpaired) electrons. The van der Waals surface area contributed by atoms with Gasteiger partial charge in [-0.2, -0.15) is 0 Å². The van der Waals surface area contributed by atoms with Crippen LogP contribution in [0.25, 0.3) is 0 Å². The van der Waals surface area contributed by atoms with Gasteiger partial charge in [0.25, 0.3) is 5.91 Å². The first-order chi connectivity index (χ1) is 14.8. The van der Waals surface area contributed by atoms with Crippen molar-refractivity contribution in [3.8, 4) is 5.75 Å². The number of ether oxygens (including phenoxy) is 1. The minimum absolute atomic E-state index is 0.0943. The molecule has 0 unspecified atom stereocenters. The highest BCUT2D eigenvalue weighted by atomic mass is 32.2. The van der Waals surface area contributed by atoms with Crippen molar-refractivity contribution in [2.24, 2.45) is 0 Å². The summed E-state index contributed by atoms with van der Waals surface area (Å²) >= 11 is 0. The molecule has 1 heterocycles. The monoisotopic (exact) mass is 436 g/mol. The second-order valence-electron chi connectivity index (χ2n) is 7.65. The SMILES string of the molecule is Cc1ccc(NC(=O)[C@@H]2CN(S(=O)(=O)Cc3ccccc3)c3ccccc3O2)c(C)c1. The molecule has 1 aliphatic heterocycles. The van der Waals surface area contributed by atoms with Crippen molar-refractivity contribution in [3.05, 3.63) is 89.5 Å². The number of nitrogens with zero attached hydrogens (tertiary/aromatic N) is 1. The molecule has 160 valence electrons. The number of aryl methyl sites for hydroxylation is 2. The molecule has 7 heteroatoms. The van der Waals surface area contributed by atoms with E-state index in [1.807, 2.05) is 38.1 Å². The number of benzene rings is 3. The van der Waals surface area contributed by atoms with Crippen LogP contribution in [0.3, 0.4) is 0 Å². The minimum atomic E-state index is -3.73. The fourth-order valence-corrected chi connectivity index (χ4v) is 5.21. The molecule has 6 nitrogen and oxygen atoms in total. The predicted molar refractivity (Wildman–Crippen MR) is 122 cm³/mol. The maximum absolute atomic E-state index is 13.3. The molecule has 0 aliphatic carbocycles. The molecule has 4 rings (SSSR count). The number of hydrogen-bond donors (Lipinski definition) is 1. The zero-order chi connectivity index (χ0) is 22.0. The molecular formula is C24H24N2O4S. The summed E-state index contributed by atoms with van der Waals surface area (Å²) in [6, 6.07) is 21.6. The van der Waals surface area contributed by atoms with Gasteiger partial charge in [0.05, 0.1) is 18.0 Å². The summed E-state index contributed by atoms with van der Waals surface area (Å²) in [6.07, 6.45) is -0.971. The first kappa shape index (κ1) is 20.9. The van der Waals surface area contributed by atoms with Crippen molar-refractivity contribution in [2.75, 3.05) is 16.2 Å². The number of amides is 1. The standard InChI is InChI=1S/C24H24N2O4S/c1-17-12-13-20(18(2)14-17)25-24(27)23-15-26(21-10-6-7-11-22(21)30-23)31(28,29)16-19-8-4-3-5-9-19/h3-14,23H,15-16H2,1-2H3,(H,25,27)/t23-/m0/s1. The van der Waals surface area contributed by atoms with Gasteiger partial charge in [-0.05, 0) is 43.2 Å². The molecule has 0 fully saturated rings. The number of sulfonamides is 1. The maximum atomic E-state index is 13.3. The van der Waals surface area contributed by atoms with E-state index in [-0.39, 0.29) is 18.2 Å². The molecule has 3 aromatic carbocycles. The highest BCUT2D eigenvalue weighted by Crippen LogP contribution is 2.36. The van der Waals surface area contributed by atoms with E-state index in [0.29, 0.717) is 22.7 Å². The first-order valence-electron chi connectivity index (χ1n) is 10.0. The van der Waals surface area contributed by atoms with E-state index in [2.05, 4.69) is 5.32 Å². The lowest BCUT2D eigenvalue weighted by Crippen LogP contribution is -2.49. The fraction of sp³-hybridized carbons (Fsp3) is 0.208. The van der Waals surface area contributed by atoms with Crippen LogP contribution in [0.15, 0.2) is 72.8 Å². The third-order valence-corrected chi connectivity index (χ3v) is 6.91. The van der Waals surface area contributed by atoms with Crippen molar-refractivity contribution in [3.63, 3.8) is 0 Å². The Kier molecular flexibility index (Phi) is 5.69. The van der Waals surface area contributed by atoms with E-state index < -0.39 is 16.1 Å². The second-order valence-corrected chi connectivity index (χ2v) is 9.55. The van der Waals surface area contributed by atoms with Crippen LogP contribution < -0.4 is 14.4 Å². The van der Waals surface area contributed by atoms with E-state index >= 15 is 0 Å². The Morgan fingerprint density at radius 2 is 1.74 bits per heavy atom. The Bertz CT molecular complexity index is 1210. The largest absolute Gasteiger partial charge is 0.476 e. The quantitative estimate of drug-likeness (QED) is 0.655. The Labute approximate surface area is 182 Å². The van der Waals surface area contributed by atoms with Gasteiger partial charge in [0, 0.05) is 5.69 Å². The number of nitrogens with one attached hydrogen (secondary N) is 1. The molecular weight excluding hydrogens is 412 g/mol. The number of anilines is 2. The molecule has 31 heavy (non-hydrogen) atoms. The highest BCUT2D eigenvalue weighted by molar-refractivity contribution is 7.92. The van der Waals surface area contributed by atoms with E-state index in [4.69, 9.17) is 4.74 Å². The summed E-state index contributed by atoms with van der Waals surface area (Å²) in [6.45, 7) is 3.80. The molecule has 0 spiro atoms. The Hall–Kier alpha value is -3.32. The number of rotatable bonds is 5. The number of fused-ring (bicyclic) bond motifs is 1. The topological polar surface area (TPSA) is 75.7 Å². The lowest BCUT2D eigenvalue weighted by Gasteiger charge is -2.34. The predicted octanol–water partition coefficient (Wildman–Crippen LogP) is 4.04. The van der Waals surface area contributed by atoms with Gasteiger partial charge in [0.1, 0.15) is 5.75 Å². The Morgan fingerprint density at radius 1 is 1.03 bits per heavy atom. The Balaban J connectivity index is 1.61. The van der Waals surface area contributed by atoms with Crippen molar-refractivity contribution in [1.82, 2.24) is 0 Å². The van der Waals surface area contributed by atoms with Gasteiger partial charge >= 0.3 is 0 Å². The van der Waals surface area contributed by atoms with Gasteiger partial charge in [-0.3, -0.25) is 9.10 Å². The molecule has 1 aliphatic rings. The normalized spacial score (nSPS) is 15.7. The van der Waals surface area contributed by atoms with Gasteiger partial charge < -0.3 is 10.1 Å². The van der Waals surface area contributed by atoms with Gasteiger partial charge in [-0.15, -0.1) is 0 Å². The summed E-state index contributed by atoms with van der Waals surface area (Å²) in [7, 11) is -3.73.